The molecule has 0 radical (unpaired) electrons. The van der Waals surface area contributed by atoms with Crippen molar-refractivity contribution in [3.05, 3.63) is 190 Å². The minimum Gasteiger partial charge on any atom is -0.497 e. The molecule has 1 saturated heterocycles. The van der Waals surface area contributed by atoms with Crippen molar-refractivity contribution in [2.75, 3.05) is 26.1 Å². The van der Waals surface area contributed by atoms with Crippen molar-refractivity contribution in [1.29, 1.82) is 0 Å². The Kier molecular flexibility index (Phi) is 11.3. The molecule has 7 rings (SSSR count). The average molecular weight is 754 g/mol. The normalized spacial score (nSPS) is 18.1. The molecule has 2 heterocycles. The van der Waals surface area contributed by atoms with Gasteiger partial charge >= 0.3 is 11.7 Å². The molecule has 284 valence electrons. The number of nitrogens with zero attached hydrogens (tertiary/aromatic N) is 2. The summed E-state index contributed by atoms with van der Waals surface area (Å²) in [5.74, 6) is 0.0960. The van der Waals surface area contributed by atoms with Gasteiger partial charge in [0.2, 0.25) is 0 Å². The number of rotatable bonds is 12. The molecule has 0 spiro atoms. The summed E-state index contributed by atoms with van der Waals surface area (Å²) in [6, 6.07) is 42.6. The summed E-state index contributed by atoms with van der Waals surface area (Å²) < 4.78 is 31.6. The fraction of sp³-hybridized carbons (Fsp3) is 0.182. The Bertz CT molecular complexity index is 2260. The van der Waals surface area contributed by atoms with Crippen LogP contribution in [0.2, 0.25) is 0 Å². The fourth-order valence-corrected chi connectivity index (χ4v) is 6.74. The Morgan fingerprint density at radius 2 is 1.25 bits per heavy atom. The second-order valence-electron chi connectivity index (χ2n) is 12.9. The number of esters is 1. The van der Waals surface area contributed by atoms with Crippen molar-refractivity contribution in [2.45, 2.75) is 30.1 Å². The molecular weight excluding hydrogens is 714 g/mol. The lowest BCUT2D eigenvalue weighted by molar-refractivity contribution is -0.240. The van der Waals surface area contributed by atoms with Crippen LogP contribution in [0.25, 0.3) is 0 Å². The van der Waals surface area contributed by atoms with E-state index in [1.54, 1.807) is 74.9 Å². The third-order valence-corrected chi connectivity index (χ3v) is 9.56. The molecule has 0 bridgehead atoms. The molecule has 1 fully saturated rings. The molecule has 2 N–H and O–H groups in total. The molecule has 6 aromatic rings. The maximum Gasteiger partial charge on any atom is 0.351 e. The van der Waals surface area contributed by atoms with Gasteiger partial charge in [0.15, 0.2) is 12.3 Å². The monoisotopic (exact) mass is 753 g/mol. The number of aliphatic hydroxyl groups excluding tert-OH is 1. The van der Waals surface area contributed by atoms with Crippen LogP contribution in [0.1, 0.15) is 43.6 Å². The van der Waals surface area contributed by atoms with Gasteiger partial charge in [-0.3, -0.25) is 9.36 Å². The molecule has 1 aliphatic rings. The third-order valence-electron chi connectivity index (χ3n) is 9.56. The highest BCUT2D eigenvalue weighted by Crippen LogP contribution is 2.44. The first kappa shape index (κ1) is 37.7. The van der Waals surface area contributed by atoms with E-state index in [9.17, 15) is 19.5 Å². The number of amides is 1. The van der Waals surface area contributed by atoms with Crippen LogP contribution in [0.3, 0.4) is 0 Å². The molecule has 12 heteroatoms. The zero-order chi connectivity index (χ0) is 39.1. The first-order valence-corrected chi connectivity index (χ1v) is 17.8. The number of methoxy groups -OCH3 is 2. The summed E-state index contributed by atoms with van der Waals surface area (Å²) >= 11 is 0. The second-order valence-corrected chi connectivity index (χ2v) is 12.9. The van der Waals surface area contributed by atoms with Gasteiger partial charge < -0.3 is 34.1 Å². The van der Waals surface area contributed by atoms with Gasteiger partial charge in [0.05, 0.1) is 26.4 Å². The van der Waals surface area contributed by atoms with Gasteiger partial charge in [0.25, 0.3) is 5.91 Å². The third kappa shape index (κ3) is 7.80. The van der Waals surface area contributed by atoms with Gasteiger partial charge in [-0.05, 0) is 71.3 Å². The van der Waals surface area contributed by atoms with E-state index in [0.717, 1.165) is 10.1 Å². The lowest BCUT2D eigenvalue weighted by Crippen LogP contribution is -2.57. The topological polar surface area (TPSA) is 147 Å². The molecule has 1 aliphatic heterocycles. The van der Waals surface area contributed by atoms with Crippen LogP contribution in [0.15, 0.2) is 157 Å². The Balaban J connectivity index is 1.28. The average Bonchev–Trinajstić information content (AvgIpc) is 3.25. The number of benzene rings is 5. The number of hydrogen-bond donors (Lipinski definition) is 2. The zero-order valence-electron chi connectivity index (χ0n) is 30.6. The van der Waals surface area contributed by atoms with E-state index in [4.69, 9.17) is 23.7 Å². The lowest BCUT2D eigenvalue weighted by atomic mass is 9.79. The Morgan fingerprint density at radius 3 is 1.79 bits per heavy atom. The van der Waals surface area contributed by atoms with Crippen molar-refractivity contribution in [3.8, 4) is 11.5 Å². The van der Waals surface area contributed by atoms with Crippen LogP contribution in [-0.4, -0.2) is 65.7 Å². The molecule has 0 aliphatic carbocycles. The van der Waals surface area contributed by atoms with E-state index in [-0.39, 0.29) is 18.0 Å². The van der Waals surface area contributed by atoms with E-state index in [0.29, 0.717) is 28.2 Å². The maximum absolute atomic E-state index is 13.7. The number of ether oxygens (including phenoxy) is 5. The molecule has 12 nitrogen and oxygen atoms in total. The quantitative estimate of drug-likeness (QED) is 0.113. The van der Waals surface area contributed by atoms with Crippen LogP contribution in [-0.2, 0) is 19.8 Å². The predicted octanol–water partition coefficient (Wildman–Crippen LogP) is 6.01. The number of carbonyl (C=O) groups excluding carboxylic acids is 2. The fourth-order valence-electron chi connectivity index (χ4n) is 6.74. The first-order chi connectivity index (χ1) is 27.3. The van der Waals surface area contributed by atoms with Crippen molar-refractivity contribution < 1.29 is 38.4 Å². The number of aliphatic hydroxyl groups is 1. The Morgan fingerprint density at radius 1 is 0.732 bits per heavy atom. The predicted molar refractivity (Wildman–Crippen MR) is 207 cm³/mol. The second kappa shape index (κ2) is 16.8. The number of hydrogen-bond acceptors (Lipinski definition) is 10. The Labute approximate surface area is 322 Å². The molecule has 5 aromatic carbocycles. The lowest BCUT2D eigenvalue weighted by Gasteiger charge is -2.45. The smallest absolute Gasteiger partial charge is 0.351 e. The zero-order valence-corrected chi connectivity index (χ0v) is 30.6. The standard InChI is InChI=1S/C44H39N3O9/c1-52-34-22-18-32(19-23-34)44(31-16-10-5-11-17-31,33-20-24-35(53-2)25-21-33)56-36-28-54-41(38(48)39(36)55-42(50)30-14-8-4-9-15-30)47-27-26-37(46-43(47)51)45-40(49)29-12-6-3-7-13-29/h3-27,36,38-39,41,48H,28H2,1-2H3,(H,45,46,49,51)/t36-,38-,39-,41-/m1/s1. The number of anilines is 1. The molecule has 56 heavy (non-hydrogen) atoms. The summed E-state index contributed by atoms with van der Waals surface area (Å²) in [7, 11) is 3.16. The summed E-state index contributed by atoms with van der Waals surface area (Å²) in [6.07, 6.45) is -4.11. The highest BCUT2D eigenvalue weighted by Gasteiger charge is 2.49. The number of carbonyl (C=O) groups is 2. The van der Waals surface area contributed by atoms with E-state index in [1.807, 2.05) is 78.9 Å². The molecule has 0 saturated carbocycles. The summed E-state index contributed by atoms with van der Waals surface area (Å²) in [4.78, 5) is 44.0. The largest absolute Gasteiger partial charge is 0.497 e. The van der Waals surface area contributed by atoms with Gasteiger partial charge in [-0.1, -0.05) is 91.0 Å². The molecule has 1 amide bonds. The molecule has 4 atom stereocenters. The SMILES string of the molecule is COc1ccc(C(O[C@@H]2CO[C@@H](n3ccc(NC(=O)c4ccccc4)nc3=O)[C@H](O)[C@@H]2OC(=O)c2ccccc2)(c2ccccc2)c2ccc(OC)cc2)cc1. The van der Waals surface area contributed by atoms with Crippen LogP contribution in [0, 0.1) is 0 Å². The van der Waals surface area contributed by atoms with Crippen LogP contribution >= 0.6 is 0 Å². The molecule has 1 aromatic heterocycles. The van der Waals surface area contributed by atoms with Gasteiger partial charge in [-0.25, -0.2) is 9.59 Å². The Hall–Kier alpha value is -6.60. The summed E-state index contributed by atoms with van der Waals surface area (Å²) in [6.45, 7) is -0.228. The minimum absolute atomic E-state index is 0.00490. The van der Waals surface area contributed by atoms with Crippen LogP contribution in [0.5, 0.6) is 11.5 Å². The van der Waals surface area contributed by atoms with Gasteiger partial charge in [-0.15, -0.1) is 0 Å². The molecule has 0 unspecified atom stereocenters. The first-order valence-electron chi connectivity index (χ1n) is 17.8. The van der Waals surface area contributed by atoms with Crippen molar-refractivity contribution in [3.63, 3.8) is 0 Å². The number of aromatic nitrogens is 2. The molecular formula is C44H39N3O9. The maximum atomic E-state index is 13.7. The minimum atomic E-state index is -1.63. The van der Waals surface area contributed by atoms with Crippen molar-refractivity contribution in [1.82, 2.24) is 9.55 Å². The van der Waals surface area contributed by atoms with Crippen molar-refractivity contribution >= 4 is 17.7 Å². The van der Waals surface area contributed by atoms with E-state index >= 15 is 0 Å². The highest BCUT2D eigenvalue weighted by atomic mass is 16.6. The number of nitrogens with one attached hydrogen (secondary N) is 1. The van der Waals surface area contributed by atoms with E-state index in [1.165, 1.54) is 12.3 Å². The van der Waals surface area contributed by atoms with Gasteiger partial charge in [-0.2, -0.15) is 4.98 Å². The van der Waals surface area contributed by atoms with Gasteiger partial charge in [0.1, 0.15) is 35.1 Å². The highest BCUT2D eigenvalue weighted by molar-refractivity contribution is 6.03. The summed E-state index contributed by atoms with van der Waals surface area (Å²) in [5, 5.41) is 14.7. The van der Waals surface area contributed by atoms with Crippen molar-refractivity contribution in [2.24, 2.45) is 0 Å². The van der Waals surface area contributed by atoms with E-state index < -0.39 is 47.7 Å². The van der Waals surface area contributed by atoms with Crippen LogP contribution in [0.4, 0.5) is 5.82 Å². The van der Waals surface area contributed by atoms with Gasteiger partial charge in [0, 0.05) is 11.8 Å². The summed E-state index contributed by atoms with van der Waals surface area (Å²) in [5.41, 5.74) is 0.583. The van der Waals surface area contributed by atoms with Crippen LogP contribution < -0.4 is 20.5 Å². The van der Waals surface area contributed by atoms with E-state index in [2.05, 4.69) is 10.3 Å².